The van der Waals surface area contributed by atoms with E-state index in [2.05, 4.69) is 5.32 Å². The Morgan fingerprint density at radius 3 is 3.00 bits per heavy atom. The van der Waals surface area contributed by atoms with Crippen molar-refractivity contribution in [3.05, 3.63) is 28.3 Å². The third-order valence-electron chi connectivity index (χ3n) is 3.25. The lowest BCUT2D eigenvalue weighted by Crippen LogP contribution is -2.26. The molecule has 0 amide bonds. The highest BCUT2D eigenvalue weighted by molar-refractivity contribution is 5.68. The van der Waals surface area contributed by atoms with Crippen molar-refractivity contribution < 1.29 is 14.4 Å². The lowest BCUT2D eigenvalue weighted by molar-refractivity contribution is -0.385. The maximum atomic E-state index is 11.2. The highest BCUT2D eigenvalue weighted by atomic mass is 16.6. The van der Waals surface area contributed by atoms with Gasteiger partial charge < -0.3 is 14.8 Å². The first-order valence-electron chi connectivity index (χ1n) is 6.98. The molecule has 2 rings (SSSR count). The van der Waals surface area contributed by atoms with Gasteiger partial charge in [0, 0.05) is 13.2 Å². The quantitative estimate of drug-likeness (QED) is 0.640. The molecule has 1 aromatic carbocycles. The number of ether oxygens (including phenoxy) is 2. The van der Waals surface area contributed by atoms with Crippen molar-refractivity contribution in [3.63, 3.8) is 0 Å². The van der Waals surface area contributed by atoms with Crippen LogP contribution in [0.2, 0.25) is 0 Å². The number of benzene rings is 1. The largest absolute Gasteiger partial charge is 0.484 e. The molecule has 0 aliphatic carbocycles. The van der Waals surface area contributed by atoms with E-state index in [1.165, 1.54) is 0 Å². The highest BCUT2D eigenvalue weighted by Gasteiger charge is 2.22. The van der Waals surface area contributed by atoms with E-state index in [4.69, 9.17) is 9.47 Å². The average Bonchev–Trinajstić information content (AvgIpc) is 2.46. The topological polar surface area (TPSA) is 73.6 Å². The van der Waals surface area contributed by atoms with Crippen LogP contribution in [-0.4, -0.2) is 30.8 Å². The Balaban J connectivity index is 2.09. The highest BCUT2D eigenvalue weighted by Crippen LogP contribution is 2.35. The van der Waals surface area contributed by atoms with Gasteiger partial charge in [0.2, 0.25) is 0 Å². The fraction of sp³-hybridized carbons (Fsp3) is 0.571. The number of hydrogen-bond donors (Lipinski definition) is 1. The molecule has 6 heteroatoms. The van der Waals surface area contributed by atoms with Crippen LogP contribution in [-0.2, 0) is 4.74 Å². The standard InChI is InChI=1S/C14H20N2O4/c1-2-15-12-7-5-8-13(14(12)16(17)18)20-10-11-6-3-4-9-19-11/h5,7-8,11,15H,2-4,6,9-10H2,1H3. The fourth-order valence-corrected chi connectivity index (χ4v) is 2.28. The minimum atomic E-state index is -0.408. The number of nitrogens with zero attached hydrogens (tertiary/aromatic N) is 1. The van der Waals surface area contributed by atoms with Gasteiger partial charge in [-0.25, -0.2) is 0 Å². The monoisotopic (exact) mass is 280 g/mol. The summed E-state index contributed by atoms with van der Waals surface area (Å²) in [6.07, 6.45) is 3.17. The maximum absolute atomic E-state index is 11.2. The van der Waals surface area contributed by atoms with Gasteiger partial charge in [-0.1, -0.05) is 6.07 Å². The van der Waals surface area contributed by atoms with Crippen molar-refractivity contribution in [3.8, 4) is 5.75 Å². The van der Waals surface area contributed by atoms with E-state index in [9.17, 15) is 10.1 Å². The molecule has 1 aliphatic rings. The Morgan fingerprint density at radius 1 is 1.50 bits per heavy atom. The molecular formula is C14H20N2O4. The summed E-state index contributed by atoms with van der Waals surface area (Å²) in [6, 6.07) is 5.06. The van der Waals surface area contributed by atoms with Crippen molar-refractivity contribution in [2.24, 2.45) is 0 Å². The summed E-state index contributed by atoms with van der Waals surface area (Å²) in [5.74, 6) is 0.294. The molecule has 1 saturated heterocycles. The number of anilines is 1. The van der Waals surface area contributed by atoms with Crippen LogP contribution in [0.5, 0.6) is 5.75 Å². The first-order valence-corrected chi connectivity index (χ1v) is 6.98. The van der Waals surface area contributed by atoms with Crippen LogP contribution in [0.3, 0.4) is 0 Å². The average molecular weight is 280 g/mol. The van der Waals surface area contributed by atoms with E-state index in [0.717, 1.165) is 25.9 Å². The van der Waals surface area contributed by atoms with Gasteiger partial charge in [0.05, 0.1) is 11.0 Å². The van der Waals surface area contributed by atoms with Crippen LogP contribution in [0.4, 0.5) is 11.4 Å². The number of para-hydroxylation sites is 1. The number of hydrogen-bond acceptors (Lipinski definition) is 5. The Bertz CT molecular complexity index is 458. The smallest absolute Gasteiger partial charge is 0.333 e. The predicted octanol–water partition coefficient (Wildman–Crippen LogP) is 2.97. The van der Waals surface area contributed by atoms with Gasteiger partial charge in [-0.2, -0.15) is 0 Å². The van der Waals surface area contributed by atoms with E-state index < -0.39 is 4.92 Å². The first-order chi connectivity index (χ1) is 9.72. The van der Waals surface area contributed by atoms with E-state index in [0.29, 0.717) is 24.6 Å². The normalized spacial score (nSPS) is 18.6. The van der Waals surface area contributed by atoms with Crippen LogP contribution in [0, 0.1) is 10.1 Å². The molecule has 0 radical (unpaired) electrons. The lowest BCUT2D eigenvalue weighted by Gasteiger charge is -2.22. The third kappa shape index (κ3) is 3.60. The van der Waals surface area contributed by atoms with Crippen LogP contribution >= 0.6 is 0 Å². The Labute approximate surface area is 118 Å². The van der Waals surface area contributed by atoms with Gasteiger partial charge >= 0.3 is 5.69 Å². The molecule has 1 aromatic rings. The van der Waals surface area contributed by atoms with Gasteiger partial charge in [-0.3, -0.25) is 10.1 Å². The molecule has 1 aliphatic heterocycles. The number of nitro benzene ring substituents is 1. The summed E-state index contributed by atoms with van der Waals surface area (Å²) in [5.41, 5.74) is 0.477. The van der Waals surface area contributed by atoms with E-state index in [1.54, 1.807) is 18.2 Å². The van der Waals surface area contributed by atoms with Crippen LogP contribution in [0.25, 0.3) is 0 Å². The van der Waals surface area contributed by atoms with Gasteiger partial charge in [0.1, 0.15) is 12.3 Å². The number of nitrogens with one attached hydrogen (secondary N) is 1. The molecule has 0 bridgehead atoms. The van der Waals surface area contributed by atoms with Gasteiger partial charge in [-0.05, 0) is 38.3 Å². The zero-order chi connectivity index (χ0) is 14.4. The van der Waals surface area contributed by atoms with Gasteiger partial charge in [-0.15, -0.1) is 0 Å². The summed E-state index contributed by atoms with van der Waals surface area (Å²) in [4.78, 5) is 10.8. The third-order valence-corrected chi connectivity index (χ3v) is 3.25. The molecule has 0 spiro atoms. The van der Waals surface area contributed by atoms with E-state index >= 15 is 0 Å². The second-order valence-corrected chi connectivity index (χ2v) is 4.74. The lowest BCUT2D eigenvalue weighted by atomic mass is 10.1. The predicted molar refractivity (Wildman–Crippen MR) is 76.3 cm³/mol. The Hall–Kier alpha value is -1.82. The van der Waals surface area contributed by atoms with Gasteiger partial charge in [0.25, 0.3) is 0 Å². The summed E-state index contributed by atoms with van der Waals surface area (Å²) in [5, 5.41) is 14.2. The number of rotatable bonds is 6. The van der Waals surface area contributed by atoms with Gasteiger partial charge in [0.15, 0.2) is 5.75 Å². The maximum Gasteiger partial charge on any atom is 0.333 e. The molecule has 0 saturated carbocycles. The zero-order valence-electron chi connectivity index (χ0n) is 11.6. The fourth-order valence-electron chi connectivity index (χ4n) is 2.28. The molecule has 1 fully saturated rings. The SMILES string of the molecule is CCNc1cccc(OCC2CCCCO2)c1[N+](=O)[O-]. The second-order valence-electron chi connectivity index (χ2n) is 4.74. The number of nitro groups is 1. The van der Waals surface area contributed by atoms with Crippen molar-refractivity contribution >= 4 is 11.4 Å². The van der Waals surface area contributed by atoms with Crippen LogP contribution < -0.4 is 10.1 Å². The van der Waals surface area contributed by atoms with Crippen molar-refractivity contribution in [1.29, 1.82) is 0 Å². The van der Waals surface area contributed by atoms with Crippen molar-refractivity contribution in [2.45, 2.75) is 32.3 Å². The van der Waals surface area contributed by atoms with Crippen LogP contribution in [0.15, 0.2) is 18.2 Å². The summed E-state index contributed by atoms with van der Waals surface area (Å²) < 4.78 is 11.2. The summed E-state index contributed by atoms with van der Waals surface area (Å²) in [7, 11) is 0. The summed E-state index contributed by atoms with van der Waals surface area (Å²) >= 11 is 0. The minimum absolute atomic E-state index is 0.00911. The molecular weight excluding hydrogens is 260 g/mol. The molecule has 1 heterocycles. The minimum Gasteiger partial charge on any atom is -0.484 e. The first kappa shape index (κ1) is 14.6. The van der Waals surface area contributed by atoms with E-state index in [-0.39, 0.29) is 11.8 Å². The zero-order valence-corrected chi connectivity index (χ0v) is 11.6. The van der Waals surface area contributed by atoms with Crippen molar-refractivity contribution in [2.75, 3.05) is 25.1 Å². The Kier molecular flexibility index (Phi) is 5.17. The van der Waals surface area contributed by atoms with E-state index in [1.807, 2.05) is 6.92 Å². The molecule has 20 heavy (non-hydrogen) atoms. The van der Waals surface area contributed by atoms with Crippen LogP contribution in [0.1, 0.15) is 26.2 Å². The molecule has 110 valence electrons. The summed E-state index contributed by atoms with van der Waals surface area (Å²) in [6.45, 7) is 3.62. The van der Waals surface area contributed by atoms with Crippen molar-refractivity contribution in [1.82, 2.24) is 0 Å². The molecule has 1 unspecified atom stereocenters. The molecule has 6 nitrogen and oxygen atoms in total. The molecule has 1 N–H and O–H groups in total. The molecule has 1 atom stereocenters. The Morgan fingerprint density at radius 2 is 2.35 bits per heavy atom. The molecule has 0 aromatic heterocycles. The second kappa shape index (κ2) is 7.09.